The zero-order chi connectivity index (χ0) is 18.4. The van der Waals surface area contributed by atoms with Gasteiger partial charge in [0.15, 0.2) is 0 Å². The molecule has 0 fully saturated rings. The molecule has 2 aromatic carbocycles. The summed E-state index contributed by atoms with van der Waals surface area (Å²) in [6, 6.07) is 14.3. The predicted molar refractivity (Wildman–Crippen MR) is 107 cm³/mol. The molecular weight excluding hydrogens is 346 g/mol. The third-order valence-electron chi connectivity index (χ3n) is 4.55. The Morgan fingerprint density at radius 3 is 2.69 bits per heavy atom. The number of carbonyl (C=O) groups is 1. The number of hydrogen-bond acceptors (Lipinski definition) is 2. The molecule has 1 N–H and O–H groups in total. The molecule has 3 nitrogen and oxygen atoms in total. The average molecular weight is 370 g/mol. The Balaban J connectivity index is 1.35. The van der Waals surface area contributed by atoms with Crippen LogP contribution in [0.15, 0.2) is 48.7 Å². The summed E-state index contributed by atoms with van der Waals surface area (Å²) in [5.41, 5.74) is 4.81. The number of aryl methyl sites for hydroxylation is 3. The fourth-order valence-electron chi connectivity index (χ4n) is 3.07. The fourth-order valence-corrected chi connectivity index (χ4v) is 3.24. The molecule has 136 valence electrons. The largest absolute Gasteiger partial charge is 0.466 e. The summed E-state index contributed by atoms with van der Waals surface area (Å²) in [6.45, 7) is 2.53. The average Bonchev–Trinajstić information content (AvgIpc) is 3.02. The van der Waals surface area contributed by atoms with Crippen molar-refractivity contribution in [1.29, 1.82) is 0 Å². The van der Waals surface area contributed by atoms with E-state index in [9.17, 15) is 4.79 Å². The highest BCUT2D eigenvalue weighted by Crippen LogP contribution is 2.23. The van der Waals surface area contributed by atoms with E-state index in [2.05, 4.69) is 36.2 Å². The third kappa shape index (κ3) is 5.12. The number of benzene rings is 2. The van der Waals surface area contributed by atoms with E-state index in [1.807, 2.05) is 24.4 Å². The molecule has 0 aliphatic carbocycles. The van der Waals surface area contributed by atoms with Gasteiger partial charge < -0.3 is 9.72 Å². The maximum atomic E-state index is 11.9. The highest BCUT2D eigenvalue weighted by atomic mass is 35.5. The monoisotopic (exact) mass is 369 g/mol. The van der Waals surface area contributed by atoms with Gasteiger partial charge in [-0.2, -0.15) is 0 Å². The molecule has 0 amide bonds. The second-order valence-electron chi connectivity index (χ2n) is 6.67. The second-order valence-corrected chi connectivity index (χ2v) is 7.10. The van der Waals surface area contributed by atoms with E-state index in [1.54, 1.807) is 0 Å². The van der Waals surface area contributed by atoms with Gasteiger partial charge in [-0.05, 0) is 61.9 Å². The van der Waals surface area contributed by atoms with E-state index in [-0.39, 0.29) is 5.97 Å². The van der Waals surface area contributed by atoms with Gasteiger partial charge in [-0.15, -0.1) is 0 Å². The molecule has 0 atom stereocenters. The number of fused-ring (bicyclic) bond motifs is 1. The lowest BCUT2D eigenvalue weighted by atomic mass is 10.1. The molecular formula is C22H24ClNO2. The molecule has 0 radical (unpaired) electrons. The summed E-state index contributed by atoms with van der Waals surface area (Å²) in [6.07, 6.45) is 5.87. The van der Waals surface area contributed by atoms with E-state index in [4.69, 9.17) is 16.3 Å². The molecule has 1 aromatic heterocycles. The topological polar surface area (TPSA) is 42.1 Å². The number of carbonyl (C=O) groups excluding carboxylic acids is 1. The van der Waals surface area contributed by atoms with Crippen LogP contribution in [0.5, 0.6) is 0 Å². The summed E-state index contributed by atoms with van der Waals surface area (Å²) in [4.78, 5) is 15.1. The van der Waals surface area contributed by atoms with Crippen LogP contribution in [-0.2, 0) is 22.4 Å². The van der Waals surface area contributed by atoms with Gasteiger partial charge in [0, 0.05) is 28.5 Å². The van der Waals surface area contributed by atoms with Gasteiger partial charge in [-0.3, -0.25) is 4.79 Å². The third-order valence-corrected chi connectivity index (χ3v) is 4.79. The number of hydrogen-bond donors (Lipinski definition) is 1. The van der Waals surface area contributed by atoms with Gasteiger partial charge in [-0.25, -0.2) is 0 Å². The van der Waals surface area contributed by atoms with E-state index >= 15 is 0 Å². The van der Waals surface area contributed by atoms with Crippen LogP contribution < -0.4 is 0 Å². The van der Waals surface area contributed by atoms with E-state index in [0.29, 0.717) is 13.0 Å². The zero-order valence-electron chi connectivity index (χ0n) is 15.1. The molecule has 26 heavy (non-hydrogen) atoms. The Morgan fingerprint density at radius 1 is 1.08 bits per heavy atom. The van der Waals surface area contributed by atoms with E-state index < -0.39 is 0 Å². The second kappa shape index (κ2) is 8.91. The van der Waals surface area contributed by atoms with Crippen molar-refractivity contribution in [3.05, 3.63) is 70.4 Å². The van der Waals surface area contributed by atoms with E-state index in [1.165, 1.54) is 16.7 Å². The predicted octanol–water partition coefficient (Wildman–Crippen LogP) is 5.63. The van der Waals surface area contributed by atoms with Crippen LogP contribution in [0.2, 0.25) is 5.02 Å². The minimum absolute atomic E-state index is 0.112. The summed E-state index contributed by atoms with van der Waals surface area (Å²) in [5, 5.41) is 1.88. The van der Waals surface area contributed by atoms with Crippen molar-refractivity contribution in [3.8, 4) is 0 Å². The van der Waals surface area contributed by atoms with Crippen molar-refractivity contribution < 1.29 is 9.53 Å². The molecule has 0 spiro atoms. The summed E-state index contributed by atoms with van der Waals surface area (Å²) >= 11 is 6.07. The van der Waals surface area contributed by atoms with Crippen molar-refractivity contribution >= 4 is 28.5 Å². The van der Waals surface area contributed by atoms with Gasteiger partial charge in [0.05, 0.1) is 6.61 Å². The summed E-state index contributed by atoms with van der Waals surface area (Å²) < 4.78 is 5.36. The lowest BCUT2D eigenvalue weighted by molar-refractivity contribution is -0.143. The smallest absolute Gasteiger partial charge is 0.305 e. The molecule has 1 heterocycles. The Morgan fingerprint density at radius 2 is 1.88 bits per heavy atom. The molecule has 0 aliphatic rings. The maximum Gasteiger partial charge on any atom is 0.305 e. The van der Waals surface area contributed by atoms with Gasteiger partial charge in [0.25, 0.3) is 0 Å². The van der Waals surface area contributed by atoms with Gasteiger partial charge in [-0.1, -0.05) is 41.4 Å². The quantitative estimate of drug-likeness (QED) is 0.413. The number of rotatable bonds is 8. The molecule has 3 rings (SSSR count). The first-order chi connectivity index (χ1) is 12.6. The number of nitrogens with one attached hydrogen (secondary N) is 1. The van der Waals surface area contributed by atoms with Gasteiger partial charge in [0.1, 0.15) is 0 Å². The Hall–Kier alpha value is -2.26. The van der Waals surface area contributed by atoms with Crippen LogP contribution in [0.1, 0.15) is 36.0 Å². The van der Waals surface area contributed by atoms with Gasteiger partial charge >= 0.3 is 5.97 Å². The van der Waals surface area contributed by atoms with Crippen LogP contribution in [-0.4, -0.2) is 17.6 Å². The van der Waals surface area contributed by atoms with Crippen LogP contribution in [0.3, 0.4) is 0 Å². The van der Waals surface area contributed by atoms with Crippen molar-refractivity contribution in [3.63, 3.8) is 0 Å². The Bertz CT molecular complexity index is 867. The first-order valence-corrected chi connectivity index (χ1v) is 9.46. The standard InChI is InChI=1S/C22H24ClNO2/c1-16-7-9-17(10-8-16)4-2-6-22(25)26-13-3-5-18-15-24-21-12-11-19(23)14-20(18)21/h7-12,14-15,24H,2-6,13H2,1H3. The number of H-pyrrole nitrogens is 1. The number of halogens is 1. The van der Waals surface area contributed by atoms with Crippen LogP contribution in [0.25, 0.3) is 10.9 Å². The number of aromatic amines is 1. The first-order valence-electron chi connectivity index (χ1n) is 9.08. The number of aromatic nitrogens is 1. The van der Waals surface area contributed by atoms with Crippen LogP contribution >= 0.6 is 11.6 Å². The van der Waals surface area contributed by atoms with Crippen molar-refractivity contribution in [1.82, 2.24) is 4.98 Å². The summed E-state index contributed by atoms with van der Waals surface area (Å²) in [5.74, 6) is -0.112. The van der Waals surface area contributed by atoms with Crippen molar-refractivity contribution in [2.24, 2.45) is 0 Å². The molecule has 0 bridgehead atoms. The highest BCUT2D eigenvalue weighted by Gasteiger charge is 2.06. The SMILES string of the molecule is Cc1ccc(CCCC(=O)OCCCc2c[nH]c3ccc(Cl)cc23)cc1. The Labute approximate surface area is 159 Å². The minimum atomic E-state index is -0.112. The molecule has 3 aromatic rings. The van der Waals surface area contributed by atoms with Crippen LogP contribution in [0.4, 0.5) is 0 Å². The van der Waals surface area contributed by atoms with E-state index in [0.717, 1.165) is 41.6 Å². The fraction of sp³-hybridized carbons (Fsp3) is 0.318. The summed E-state index contributed by atoms with van der Waals surface area (Å²) in [7, 11) is 0. The normalized spacial score (nSPS) is 11.0. The van der Waals surface area contributed by atoms with Crippen LogP contribution in [0, 0.1) is 6.92 Å². The molecule has 0 unspecified atom stereocenters. The lowest BCUT2D eigenvalue weighted by Gasteiger charge is -2.05. The molecule has 4 heteroatoms. The maximum absolute atomic E-state index is 11.9. The van der Waals surface area contributed by atoms with Crippen molar-refractivity contribution in [2.75, 3.05) is 6.61 Å². The molecule has 0 aliphatic heterocycles. The van der Waals surface area contributed by atoms with Gasteiger partial charge in [0.2, 0.25) is 0 Å². The van der Waals surface area contributed by atoms with Crippen molar-refractivity contribution in [2.45, 2.75) is 39.0 Å². The molecule has 0 saturated heterocycles. The number of ether oxygens (including phenoxy) is 1. The lowest BCUT2D eigenvalue weighted by Crippen LogP contribution is -2.07. The first kappa shape index (κ1) is 18.5. The zero-order valence-corrected chi connectivity index (χ0v) is 15.8. The Kier molecular flexibility index (Phi) is 6.35. The molecule has 0 saturated carbocycles. The highest BCUT2D eigenvalue weighted by molar-refractivity contribution is 6.31. The minimum Gasteiger partial charge on any atom is -0.466 e. The number of esters is 1.